The summed E-state index contributed by atoms with van der Waals surface area (Å²) in [6.07, 6.45) is 5.74. The lowest BCUT2D eigenvalue weighted by Crippen LogP contribution is -2.47. The molecule has 2 amide bonds. The highest BCUT2D eigenvalue weighted by Crippen LogP contribution is 2.44. The van der Waals surface area contributed by atoms with Gasteiger partial charge in [-0.2, -0.15) is 0 Å². The van der Waals surface area contributed by atoms with Gasteiger partial charge in [0.25, 0.3) is 0 Å². The smallest absolute Gasteiger partial charge is 0.412 e. The number of carbonyl (C=O) groups excluding carboxylic acids is 2. The molecule has 1 aromatic heterocycles. The zero-order valence-electron chi connectivity index (χ0n) is 17.5. The fourth-order valence-electron chi connectivity index (χ4n) is 4.81. The second-order valence-corrected chi connectivity index (χ2v) is 8.73. The van der Waals surface area contributed by atoms with Gasteiger partial charge in [-0.3, -0.25) is 10.1 Å². The monoisotopic (exact) mass is 411 g/mol. The van der Waals surface area contributed by atoms with Crippen LogP contribution in [0.25, 0.3) is 0 Å². The summed E-state index contributed by atoms with van der Waals surface area (Å²) in [5.41, 5.74) is 1.96. The summed E-state index contributed by atoms with van der Waals surface area (Å²) in [7, 11) is 0. The number of benzene rings is 1. The number of carbonyl (C=O) groups is 2. The molecule has 2 aliphatic rings. The fraction of sp³-hybridized carbons (Fsp3) is 0.522. The Balaban J connectivity index is 1.29. The van der Waals surface area contributed by atoms with Crippen LogP contribution in [0.3, 0.4) is 0 Å². The summed E-state index contributed by atoms with van der Waals surface area (Å²) < 4.78 is 10.1. The van der Waals surface area contributed by atoms with Crippen LogP contribution in [0.5, 0.6) is 0 Å². The number of hydrogen-bond acceptors (Lipinski definition) is 5. The van der Waals surface area contributed by atoms with E-state index in [9.17, 15) is 9.59 Å². The van der Waals surface area contributed by atoms with E-state index in [2.05, 4.69) is 27.3 Å². The SMILES string of the molecule is CC(C)C(=O)N1CC2CCC(C1)C2Cc1ccc(NC(=O)OCc2cnco2)cc1. The van der Waals surface area contributed by atoms with Gasteiger partial charge in [-0.25, -0.2) is 9.78 Å². The quantitative estimate of drug-likeness (QED) is 0.773. The molecular formula is C23H29N3O4. The Morgan fingerprint density at radius 2 is 1.90 bits per heavy atom. The molecule has 2 aromatic rings. The molecular weight excluding hydrogens is 382 g/mol. The Bertz CT molecular complexity index is 849. The molecule has 2 bridgehead atoms. The Morgan fingerprint density at radius 3 is 2.50 bits per heavy atom. The first kappa shape index (κ1) is 20.4. The average molecular weight is 412 g/mol. The second kappa shape index (κ2) is 8.90. The maximum atomic E-state index is 12.4. The van der Waals surface area contributed by atoms with Gasteiger partial charge in [0.1, 0.15) is 0 Å². The number of rotatable bonds is 6. The first-order valence-corrected chi connectivity index (χ1v) is 10.7. The number of amides is 2. The van der Waals surface area contributed by atoms with Gasteiger partial charge >= 0.3 is 6.09 Å². The molecule has 1 saturated carbocycles. The first-order valence-electron chi connectivity index (χ1n) is 10.7. The summed E-state index contributed by atoms with van der Waals surface area (Å²) >= 11 is 0. The second-order valence-electron chi connectivity index (χ2n) is 8.73. The number of nitrogens with zero attached hydrogens (tertiary/aromatic N) is 2. The predicted octanol–water partition coefficient (Wildman–Crippen LogP) is 4.11. The Morgan fingerprint density at radius 1 is 1.20 bits per heavy atom. The molecule has 160 valence electrons. The Labute approximate surface area is 176 Å². The molecule has 1 aliphatic carbocycles. The van der Waals surface area contributed by atoms with E-state index in [1.54, 1.807) is 0 Å². The van der Waals surface area contributed by atoms with Crippen LogP contribution in [-0.4, -0.2) is 35.0 Å². The lowest BCUT2D eigenvalue weighted by Gasteiger charge is -2.39. The minimum atomic E-state index is -0.528. The minimum Gasteiger partial charge on any atom is -0.445 e. The van der Waals surface area contributed by atoms with Crippen molar-refractivity contribution in [3.05, 3.63) is 48.2 Å². The summed E-state index contributed by atoms with van der Waals surface area (Å²) in [6, 6.07) is 7.95. The van der Waals surface area contributed by atoms with Crippen molar-refractivity contribution in [2.45, 2.75) is 39.7 Å². The summed E-state index contributed by atoms with van der Waals surface area (Å²) in [4.78, 5) is 30.2. The molecule has 2 fully saturated rings. The number of aromatic nitrogens is 1. The normalized spacial score (nSPS) is 22.9. The lowest BCUT2D eigenvalue weighted by atomic mass is 9.80. The standard InChI is InChI=1S/C23H29N3O4/c1-15(2)22(27)26-11-17-5-6-18(12-26)21(17)9-16-3-7-19(8-4-16)25-23(28)29-13-20-10-24-14-30-20/h3-4,7-8,10,14-15,17-18,21H,5-6,9,11-13H2,1-2H3,(H,25,28). The third-order valence-electron chi connectivity index (χ3n) is 6.34. The van der Waals surface area contributed by atoms with Crippen LogP contribution >= 0.6 is 0 Å². The van der Waals surface area contributed by atoms with Gasteiger partial charge in [0.2, 0.25) is 5.91 Å². The molecule has 0 radical (unpaired) electrons. The largest absolute Gasteiger partial charge is 0.445 e. The highest BCUT2D eigenvalue weighted by atomic mass is 16.6. The van der Waals surface area contributed by atoms with E-state index in [0.29, 0.717) is 29.2 Å². The van der Waals surface area contributed by atoms with E-state index in [4.69, 9.17) is 9.15 Å². The number of nitrogens with one attached hydrogen (secondary N) is 1. The van der Waals surface area contributed by atoms with Crippen LogP contribution in [0.4, 0.5) is 10.5 Å². The highest BCUT2D eigenvalue weighted by Gasteiger charge is 2.43. The van der Waals surface area contributed by atoms with Gasteiger partial charge in [-0.1, -0.05) is 26.0 Å². The van der Waals surface area contributed by atoms with E-state index in [-0.39, 0.29) is 18.4 Å². The van der Waals surface area contributed by atoms with E-state index in [1.807, 2.05) is 26.0 Å². The van der Waals surface area contributed by atoms with Crippen molar-refractivity contribution < 1.29 is 18.7 Å². The maximum absolute atomic E-state index is 12.4. The summed E-state index contributed by atoms with van der Waals surface area (Å²) in [6.45, 7) is 5.81. The molecule has 1 aliphatic heterocycles. The molecule has 2 atom stereocenters. The van der Waals surface area contributed by atoms with Crippen molar-refractivity contribution in [3.63, 3.8) is 0 Å². The van der Waals surface area contributed by atoms with Gasteiger partial charge in [0, 0.05) is 24.7 Å². The third-order valence-corrected chi connectivity index (χ3v) is 6.34. The Kier molecular flexibility index (Phi) is 6.06. The van der Waals surface area contributed by atoms with Gasteiger partial charge in [0.15, 0.2) is 18.8 Å². The van der Waals surface area contributed by atoms with Crippen LogP contribution in [0.1, 0.15) is 38.0 Å². The number of likely N-dealkylation sites (tertiary alicyclic amines) is 1. The summed E-state index contributed by atoms with van der Waals surface area (Å²) in [5.74, 6) is 2.67. The van der Waals surface area contributed by atoms with Crippen LogP contribution in [-0.2, 0) is 22.6 Å². The summed E-state index contributed by atoms with van der Waals surface area (Å²) in [5, 5.41) is 2.73. The average Bonchev–Trinajstić information content (AvgIpc) is 3.32. The highest BCUT2D eigenvalue weighted by molar-refractivity contribution is 5.84. The molecule has 2 unspecified atom stereocenters. The molecule has 1 saturated heterocycles. The van der Waals surface area contributed by atoms with Crippen LogP contribution in [0, 0.1) is 23.7 Å². The van der Waals surface area contributed by atoms with E-state index in [1.165, 1.54) is 31.0 Å². The number of piperidine rings is 1. The van der Waals surface area contributed by atoms with Crippen LogP contribution < -0.4 is 5.32 Å². The van der Waals surface area contributed by atoms with Crippen molar-refractivity contribution >= 4 is 17.7 Å². The number of ether oxygens (including phenoxy) is 1. The zero-order chi connectivity index (χ0) is 21.1. The molecule has 0 spiro atoms. The Hall–Kier alpha value is -2.83. The topological polar surface area (TPSA) is 84.7 Å². The first-order chi connectivity index (χ1) is 14.5. The predicted molar refractivity (Wildman–Crippen MR) is 112 cm³/mol. The molecule has 2 heterocycles. The van der Waals surface area contributed by atoms with Crippen molar-refractivity contribution in [3.8, 4) is 0 Å². The van der Waals surface area contributed by atoms with Gasteiger partial charge in [-0.15, -0.1) is 0 Å². The molecule has 4 rings (SSSR count). The number of hydrogen-bond donors (Lipinski definition) is 1. The molecule has 1 aromatic carbocycles. The molecule has 1 N–H and O–H groups in total. The lowest BCUT2D eigenvalue weighted by molar-refractivity contribution is -0.137. The van der Waals surface area contributed by atoms with Gasteiger partial charge < -0.3 is 14.1 Å². The third kappa shape index (κ3) is 4.66. The molecule has 7 nitrogen and oxygen atoms in total. The van der Waals surface area contributed by atoms with Crippen molar-refractivity contribution in [1.82, 2.24) is 9.88 Å². The van der Waals surface area contributed by atoms with Crippen molar-refractivity contribution in [2.24, 2.45) is 23.7 Å². The van der Waals surface area contributed by atoms with Crippen LogP contribution in [0.15, 0.2) is 41.3 Å². The fourth-order valence-corrected chi connectivity index (χ4v) is 4.81. The molecule has 30 heavy (non-hydrogen) atoms. The maximum Gasteiger partial charge on any atom is 0.412 e. The van der Waals surface area contributed by atoms with E-state index < -0.39 is 6.09 Å². The number of anilines is 1. The van der Waals surface area contributed by atoms with Crippen molar-refractivity contribution in [1.29, 1.82) is 0 Å². The van der Waals surface area contributed by atoms with Gasteiger partial charge in [-0.05, 0) is 54.7 Å². The number of oxazole rings is 1. The minimum absolute atomic E-state index is 0.0463. The molecule has 7 heteroatoms. The van der Waals surface area contributed by atoms with Crippen LogP contribution in [0.2, 0.25) is 0 Å². The van der Waals surface area contributed by atoms with Gasteiger partial charge in [0.05, 0.1) is 6.20 Å². The number of fused-ring (bicyclic) bond motifs is 2. The van der Waals surface area contributed by atoms with E-state index in [0.717, 1.165) is 19.5 Å². The van der Waals surface area contributed by atoms with Crippen molar-refractivity contribution in [2.75, 3.05) is 18.4 Å². The zero-order valence-corrected chi connectivity index (χ0v) is 17.5. The van der Waals surface area contributed by atoms with E-state index >= 15 is 0 Å².